The summed E-state index contributed by atoms with van der Waals surface area (Å²) in [6.45, 7) is 0. The van der Waals surface area contributed by atoms with Crippen LogP contribution in [0.1, 0.15) is 17.6 Å². The molecule has 3 N–H and O–H groups in total. The Morgan fingerprint density at radius 2 is 2.24 bits per heavy atom. The molecule has 110 valence electrons. The number of aromatic nitrogens is 6. The molecule has 0 saturated carbocycles. The van der Waals surface area contributed by atoms with Crippen LogP contribution >= 0.6 is 7.60 Å². The number of imidazole rings is 1. The molecule has 3 aromatic rings. The van der Waals surface area contributed by atoms with E-state index in [0.29, 0.717) is 17.2 Å². The minimum absolute atomic E-state index is 0.220. The lowest BCUT2D eigenvalue weighted by atomic mass is 10.2. The van der Waals surface area contributed by atoms with Crippen LogP contribution in [0.2, 0.25) is 0 Å². The van der Waals surface area contributed by atoms with E-state index in [1.807, 2.05) is 0 Å². The third-order valence-electron chi connectivity index (χ3n) is 2.95. The van der Waals surface area contributed by atoms with Crippen LogP contribution in [0.5, 0.6) is 0 Å². The van der Waals surface area contributed by atoms with Gasteiger partial charge in [0.05, 0.1) is 11.9 Å². The average molecular weight is 310 g/mol. The Morgan fingerprint density at radius 3 is 2.86 bits per heavy atom. The molecule has 0 aliphatic heterocycles. The first-order valence-corrected chi connectivity index (χ1v) is 7.42. The van der Waals surface area contributed by atoms with Gasteiger partial charge in [-0.25, -0.2) is 10.1 Å². The van der Waals surface area contributed by atoms with E-state index in [4.69, 9.17) is 4.74 Å². The predicted molar refractivity (Wildman–Crippen MR) is 69.9 cm³/mol. The SMILES string of the molecule is COC(c1nnn[nH]1)c1cccc2ncc(P(=O)(O)O)n12. The number of methoxy groups -OCH3 is 1. The Labute approximate surface area is 117 Å². The van der Waals surface area contributed by atoms with Gasteiger partial charge < -0.3 is 14.5 Å². The number of ether oxygens (including phenoxy) is 1. The number of nitrogens with zero attached hydrogens (tertiary/aromatic N) is 5. The van der Waals surface area contributed by atoms with Crippen LogP contribution in [0.3, 0.4) is 0 Å². The summed E-state index contributed by atoms with van der Waals surface area (Å²) < 4.78 is 18.3. The van der Waals surface area contributed by atoms with Crippen LogP contribution in [-0.2, 0) is 9.30 Å². The van der Waals surface area contributed by atoms with Crippen molar-refractivity contribution in [3.8, 4) is 0 Å². The number of pyridine rings is 1. The fraction of sp³-hybridized carbons (Fsp3) is 0.200. The van der Waals surface area contributed by atoms with Crippen LogP contribution in [0, 0.1) is 0 Å². The minimum Gasteiger partial charge on any atom is -0.367 e. The zero-order chi connectivity index (χ0) is 15.0. The maximum Gasteiger partial charge on any atom is 0.374 e. The Morgan fingerprint density at radius 1 is 1.43 bits per heavy atom. The number of H-pyrrole nitrogens is 1. The van der Waals surface area contributed by atoms with Crippen molar-refractivity contribution in [3.63, 3.8) is 0 Å². The van der Waals surface area contributed by atoms with Gasteiger partial charge in [-0.3, -0.25) is 8.97 Å². The molecule has 0 amide bonds. The molecule has 1 atom stereocenters. The third-order valence-corrected chi connectivity index (χ3v) is 3.87. The lowest BCUT2D eigenvalue weighted by Gasteiger charge is -2.16. The van der Waals surface area contributed by atoms with Gasteiger partial charge >= 0.3 is 7.60 Å². The molecule has 10 nitrogen and oxygen atoms in total. The Kier molecular flexibility index (Phi) is 3.30. The van der Waals surface area contributed by atoms with Gasteiger partial charge in [0, 0.05) is 7.11 Å². The molecule has 1 unspecified atom stereocenters. The summed E-state index contributed by atoms with van der Waals surface area (Å²) in [6.07, 6.45) is 0.425. The summed E-state index contributed by atoms with van der Waals surface area (Å²) >= 11 is 0. The highest BCUT2D eigenvalue weighted by Crippen LogP contribution is 2.34. The normalized spacial score (nSPS) is 13.7. The summed E-state index contributed by atoms with van der Waals surface area (Å²) in [5.41, 5.74) is 0.618. The molecule has 3 aromatic heterocycles. The van der Waals surface area contributed by atoms with Crippen molar-refractivity contribution in [3.05, 3.63) is 35.9 Å². The quantitative estimate of drug-likeness (QED) is 0.542. The van der Waals surface area contributed by atoms with Crippen molar-refractivity contribution in [2.75, 3.05) is 7.11 Å². The van der Waals surface area contributed by atoms with Gasteiger partial charge in [0.15, 0.2) is 17.4 Å². The Hall–Kier alpha value is -2.13. The predicted octanol–water partition coefficient (Wildman–Crippen LogP) is -0.614. The maximum absolute atomic E-state index is 11.6. The molecule has 3 rings (SSSR count). The van der Waals surface area contributed by atoms with Crippen LogP contribution in [0.15, 0.2) is 24.4 Å². The summed E-state index contributed by atoms with van der Waals surface area (Å²) in [5.74, 6) is 0.315. The van der Waals surface area contributed by atoms with Gasteiger partial charge in [-0.15, -0.1) is 5.10 Å². The lowest BCUT2D eigenvalue weighted by molar-refractivity contribution is 0.124. The van der Waals surface area contributed by atoms with E-state index in [9.17, 15) is 14.4 Å². The number of tetrazole rings is 1. The molecule has 0 spiro atoms. The number of aromatic amines is 1. The maximum atomic E-state index is 11.6. The number of hydrogen-bond donors (Lipinski definition) is 3. The van der Waals surface area contributed by atoms with Gasteiger partial charge in [-0.2, -0.15) is 0 Å². The second-order valence-corrected chi connectivity index (χ2v) is 5.75. The molecule has 0 aliphatic carbocycles. The molecule has 21 heavy (non-hydrogen) atoms. The molecule has 0 aliphatic rings. The fourth-order valence-corrected chi connectivity index (χ4v) is 2.79. The monoisotopic (exact) mass is 310 g/mol. The van der Waals surface area contributed by atoms with Crippen molar-refractivity contribution < 1.29 is 19.1 Å². The standard InChI is InChI=1S/C10H11N6O4P/c1-20-9(10-12-14-15-13-10)6-3-2-4-7-11-5-8(16(6)7)21(17,18)19/h2-5,9H,1H3,(H2,17,18,19)(H,12,13,14,15). The zero-order valence-corrected chi connectivity index (χ0v) is 11.7. The van der Waals surface area contributed by atoms with E-state index in [0.717, 1.165) is 6.20 Å². The second-order valence-electron chi connectivity index (χ2n) is 4.21. The van der Waals surface area contributed by atoms with Crippen molar-refractivity contribution in [2.45, 2.75) is 6.10 Å². The summed E-state index contributed by atoms with van der Waals surface area (Å²) in [7, 11) is -3.04. The summed E-state index contributed by atoms with van der Waals surface area (Å²) in [6, 6.07) is 5.00. The Bertz CT molecular complexity index is 810. The van der Waals surface area contributed by atoms with Crippen molar-refractivity contribution in [1.82, 2.24) is 30.0 Å². The summed E-state index contributed by atoms with van der Waals surface area (Å²) in [5, 5.41) is 13.3. The number of fused-ring (bicyclic) bond motifs is 1. The molecular formula is C10H11N6O4P. The van der Waals surface area contributed by atoms with Crippen LogP contribution < -0.4 is 5.44 Å². The van der Waals surface area contributed by atoms with Gasteiger partial charge in [-0.1, -0.05) is 6.07 Å². The van der Waals surface area contributed by atoms with Crippen molar-refractivity contribution in [1.29, 1.82) is 0 Å². The third kappa shape index (κ3) is 2.34. The van der Waals surface area contributed by atoms with Gasteiger partial charge in [0.25, 0.3) is 0 Å². The van der Waals surface area contributed by atoms with Crippen molar-refractivity contribution in [2.24, 2.45) is 0 Å². The smallest absolute Gasteiger partial charge is 0.367 e. The van der Waals surface area contributed by atoms with E-state index in [1.165, 1.54) is 11.5 Å². The number of rotatable bonds is 4. The van der Waals surface area contributed by atoms with Crippen LogP contribution in [0.25, 0.3) is 5.65 Å². The van der Waals surface area contributed by atoms with E-state index in [-0.39, 0.29) is 5.44 Å². The van der Waals surface area contributed by atoms with Gasteiger partial charge in [-0.05, 0) is 22.6 Å². The molecule has 0 fully saturated rings. The van der Waals surface area contributed by atoms with E-state index in [2.05, 4.69) is 25.6 Å². The van der Waals surface area contributed by atoms with E-state index < -0.39 is 13.7 Å². The lowest BCUT2D eigenvalue weighted by Crippen LogP contribution is -2.18. The molecular weight excluding hydrogens is 299 g/mol. The van der Waals surface area contributed by atoms with Gasteiger partial charge in [0.2, 0.25) is 0 Å². The first-order valence-electron chi connectivity index (χ1n) is 5.81. The minimum atomic E-state index is -4.49. The zero-order valence-electron chi connectivity index (χ0n) is 10.8. The second kappa shape index (κ2) is 5.01. The molecule has 0 aromatic carbocycles. The van der Waals surface area contributed by atoms with E-state index in [1.54, 1.807) is 18.2 Å². The molecule has 3 heterocycles. The highest BCUT2D eigenvalue weighted by molar-refractivity contribution is 7.60. The first-order chi connectivity index (χ1) is 10.0. The molecule has 0 saturated heterocycles. The van der Waals surface area contributed by atoms with E-state index >= 15 is 0 Å². The van der Waals surface area contributed by atoms with Crippen molar-refractivity contribution >= 4 is 18.7 Å². The first kappa shape index (κ1) is 13.8. The van der Waals surface area contributed by atoms with Crippen LogP contribution in [-0.4, -0.2) is 46.9 Å². The average Bonchev–Trinajstić information content (AvgIpc) is 3.07. The molecule has 11 heteroatoms. The number of hydrogen-bond acceptors (Lipinski definition) is 6. The highest BCUT2D eigenvalue weighted by Gasteiger charge is 2.27. The Balaban J connectivity index is 2.27. The molecule has 0 radical (unpaired) electrons. The summed E-state index contributed by atoms with van der Waals surface area (Å²) in [4.78, 5) is 22.9. The van der Waals surface area contributed by atoms with Gasteiger partial charge in [0.1, 0.15) is 5.65 Å². The highest BCUT2D eigenvalue weighted by atomic mass is 31.2. The number of nitrogens with one attached hydrogen (secondary N) is 1. The fourth-order valence-electron chi connectivity index (χ4n) is 2.11. The molecule has 0 bridgehead atoms. The van der Waals surface area contributed by atoms with Crippen LogP contribution in [0.4, 0.5) is 0 Å². The topological polar surface area (TPSA) is 139 Å². The largest absolute Gasteiger partial charge is 0.374 e.